The Hall–Kier alpha value is -0.860. The second kappa shape index (κ2) is 3.08. The molecular formula is C14H20N2. The summed E-state index contributed by atoms with van der Waals surface area (Å²) in [7, 11) is 0. The van der Waals surface area contributed by atoms with E-state index in [1.54, 1.807) is 5.56 Å². The first-order valence-corrected chi connectivity index (χ1v) is 6.18. The molecule has 2 nitrogen and oxygen atoms in total. The van der Waals surface area contributed by atoms with Crippen LogP contribution in [-0.2, 0) is 5.41 Å². The molecule has 3 aliphatic rings. The molecule has 0 unspecified atom stereocenters. The van der Waals surface area contributed by atoms with Crippen LogP contribution in [0.15, 0.2) is 24.3 Å². The molecule has 0 aliphatic heterocycles. The van der Waals surface area contributed by atoms with Gasteiger partial charge in [-0.1, -0.05) is 38.1 Å². The van der Waals surface area contributed by atoms with Crippen LogP contribution in [0.5, 0.6) is 0 Å². The summed E-state index contributed by atoms with van der Waals surface area (Å²) >= 11 is 0. The Bertz CT molecular complexity index is 403. The molecule has 1 aromatic rings. The van der Waals surface area contributed by atoms with Crippen molar-refractivity contribution in [1.29, 1.82) is 0 Å². The fraction of sp³-hybridized carbons (Fsp3) is 0.571. The van der Waals surface area contributed by atoms with Gasteiger partial charge in [0.15, 0.2) is 0 Å². The smallest absolute Gasteiger partial charge is 0.0346 e. The Kier molecular flexibility index (Phi) is 1.99. The lowest BCUT2D eigenvalue weighted by atomic mass is 9.37. The Morgan fingerprint density at radius 3 is 2.38 bits per heavy atom. The molecule has 3 saturated carbocycles. The summed E-state index contributed by atoms with van der Waals surface area (Å²) < 4.78 is 0. The third kappa shape index (κ3) is 1.14. The minimum atomic E-state index is 0.282. The van der Waals surface area contributed by atoms with Gasteiger partial charge in [-0.3, -0.25) is 11.3 Å². The van der Waals surface area contributed by atoms with Crippen molar-refractivity contribution in [2.24, 2.45) is 5.84 Å². The average molecular weight is 216 g/mol. The lowest BCUT2D eigenvalue weighted by Crippen LogP contribution is -2.77. The third-order valence-electron chi connectivity index (χ3n) is 4.49. The quantitative estimate of drug-likeness (QED) is 0.601. The lowest BCUT2D eigenvalue weighted by molar-refractivity contribution is -0.0888. The molecule has 2 heteroatoms. The van der Waals surface area contributed by atoms with Crippen molar-refractivity contribution < 1.29 is 0 Å². The predicted octanol–water partition coefficient (Wildman–Crippen LogP) is 2.45. The first-order valence-electron chi connectivity index (χ1n) is 6.18. The van der Waals surface area contributed by atoms with E-state index in [1.807, 2.05) is 0 Å². The summed E-state index contributed by atoms with van der Waals surface area (Å²) in [5.74, 6) is 6.21. The Labute approximate surface area is 97.2 Å². The molecule has 16 heavy (non-hydrogen) atoms. The highest BCUT2D eigenvalue weighted by Crippen LogP contribution is 2.68. The van der Waals surface area contributed by atoms with Crippen LogP contribution < -0.4 is 11.3 Å². The van der Waals surface area contributed by atoms with Crippen molar-refractivity contribution in [3.63, 3.8) is 0 Å². The predicted molar refractivity (Wildman–Crippen MR) is 66.1 cm³/mol. The Balaban J connectivity index is 1.92. The molecular weight excluding hydrogens is 196 g/mol. The van der Waals surface area contributed by atoms with E-state index in [2.05, 4.69) is 43.5 Å². The van der Waals surface area contributed by atoms with Crippen LogP contribution in [0.4, 0.5) is 0 Å². The van der Waals surface area contributed by atoms with Crippen molar-refractivity contribution in [1.82, 2.24) is 5.43 Å². The maximum atomic E-state index is 5.59. The van der Waals surface area contributed by atoms with Gasteiger partial charge in [0.05, 0.1) is 0 Å². The van der Waals surface area contributed by atoms with Gasteiger partial charge in [0.2, 0.25) is 0 Å². The largest absolute Gasteiger partial charge is 0.271 e. The fourth-order valence-electron chi connectivity index (χ4n) is 3.71. The molecule has 0 heterocycles. The van der Waals surface area contributed by atoms with Gasteiger partial charge in [0.25, 0.3) is 0 Å². The van der Waals surface area contributed by atoms with E-state index in [0.29, 0.717) is 11.3 Å². The van der Waals surface area contributed by atoms with Crippen molar-refractivity contribution >= 4 is 0 Å². The molecule has 0 atom stereocenters. The van der Waals surface area contributed by atoms with Gasteiger partial charge in [-0.15, -0.1) is 0 Å². The average Bonchev–Trinajstić information content (AvgIpc) is 2.15. The first-order chi connectivity index (χ1) is 7.61. The first kappa shape index (κ1) is 10.3. The van der Waals surface area contributed by atoms with E-state index in [4.69, 9.17) is 5.84 Å². The van der Waals surface area contributed by atoms with Crippen molar-refractivity contribution in [2.75, 3.05) is 0 Å². The van der Waals surface area contributed by atoms with Gasteiger partial charge < -0.3 is 0 Å². The van der Waals surface area contributed by atoms with Gasteiger partial charge >= 0.3 is 0 Å². The summed E-state index contributed by atoms with van der Waals surface area (Å²) in [6.45, 7) is 4.56. The summed E-state index contributed by atoms with van der Waals surface area (Å²) in [4.78, 5) is 0. The summed E-state index contributed by atoms with van der Waals surface area (Å²) in [5, 5.41) is 0. The molecule has 4 rings (SSSR count). The monoisotopic (exact) mass is 216 g/mol. The highest BCUT2D eigenvalue weighted by molar-refractivity contribution is 5.46. The van der Waals surface area contributed by atoms with Gasteiger partial charge in [0.1, 0.15) is 0 Å². The second-order valence-electron chi connectivity index (χ2n) is 5.98. The van der Waals surface area contributed by atoms with Gasteiger partial charge in [-0.25, -0.2) is 0 Å². The number of hydrazine groups is 1. The summed E-state index contributed by atoms with van der Waals surface area (Å²) in [6.07, 6.45) is 3.67. The van der Waals surface area contributed by atoms with E-state index in [9.17, 15) is 0 Å². The minimum Gasteiger partial charge on any atom is -0.271 e. The van der Waals surface area contributed by atoms with E-state index in [0.717, 1.165) is 0 Å². The minimum absolute atomic E-state index is 0.282. The van der Waals surface area contributed by atoms with Crippen LogP contribution >= 0.6 is 0 Å². The SMILES string of the molecule is CC(C)c1ccccc1C12CC(NN)(C1)C2. The molecule has 1 aromatic carbocycles. The van der Waals surface area contributed by atoms with Crippen molar-refractivity contribution in [3.05, 3.63) is 35.4 Å². The molecule has 0 radical (unpaired) electrons. The van der Waals surface area contributed by atoms with E-state index in [1.165, 1.54) is 24.8 Å². The van der Waals surface area contributed by atoms with Crippen LogP contribution in [0.25, 0.3) is 0 Å². The van der Waals surface area contributed by atoms with Gasteiger partial charge in [-0.2, -0.15) is 0 Å². The van der Waals surface area contributed by atoms with Gasteiger partial charge in [0, 0.05) is 11.0 Å². The molecule has 3 aliphatic carbocycles. The molecule has 86 valence electrons. The number of rotatable bonds is 3. The van der Waals surface area contributed by atoms with Crippen LogP contribution in [0.3, 0.4) is 0 Å². The highest BCUT2D eigenvalue weighted by atomic mass is 15.3. The number of nitrogens with one attached hydrogen (secondary N) is 1. The second-order valence-corrected chi connectivity index (χ2v) is 5.98. The van der Waals surface area contributed by atoms with Crippen molar-refractivity contribution in [2.45, 2.75) is 50.0 Å². The maximum Gasteiger partial charge on any atom is 0.0346 e. The van der Waals surface area contributed by atoms with Crippen LogP contribution in [0.1, 0.15) is 50.2 Å². The number of hydrogen-bond donors (Lipinski definition) is 2. The molecule has 0 saturated heterocycles. The number of benzene rings is 1. The Morgan fingerprint density at radius 2 is 1.81 bits per heavy atom. The van der Waals surface area contributed by atoms with Gasteiger partial charge in [-0.05, 0) is 36.3 Å². The van der Waals surface area contributed by atoms with Crippen LogP contribution in [0.2, 0.25) is 0 Å². The van der Waals surface area contributed by atoms with Crippen molar-refractivity contribution in [3.8, 4) is 0 Å². The van der Waals surface area contributed by atoms with Crippen LogP contribution in [0, 0.1) is 0 Å². The van der Waals surface area contributed by atoms with E-state index in [-0.39, 0.29) is 5.54 Å². The topological polar surface area (TPSA) is 38.0 Å². The van der Waals surface area contributed by atoms with E-state index < -0.39 is 0 Å². The zero-order valence-corrected chi connectivity index (χ0v) is 10.1. The number of nitrogens with two attached hydrogens (primary N) is 1. The standard InChI is InChI=1S/C14H20N2/c1-10(2)11-5-3-4-6-12(11)13-7-14(8-13,9-13)16-15/h3-6,10,16H,7-9,15H2,1-2H3. The maximum absolute atomic E-state index is 5.59. The molecule has 0 spiro atoms. The summed E-state index contributed by atoms with van der Waals surface area (Å²) in [6, 6.07) is 8.92. The fourth-order valence-corrected chi connectivity index (χ4v) is 3.71. The summed E-state index contributed by atoms with van der Waals surface area (Å²) in [5.41, 5.74) is 6.81. The lowest BCUT2D eigenvalue weighted by Gasteiger charge is -2.71. The molecule has 0 aromatic heterocycles. The zero-order valence-electron chi connectivity index (χ0n) is 10.1. The molecule has 3 fully saturated rings. The van der Waals surface area contributed by atoms with E-state index >= 15 is 0 Å². The molecule has 3 N–H and O–H groups in total. The Morgan fingerprint density at radius 1 is 1.19 bits per heavy atom. The molecule has 2 bridgehead atoms. The zero-order chi connectivity index (χ0) is 11.4. The normalized spacial score (nSPS) is 35.8. The molecule has 0 amide bonds. The third-order valence-corrected chi connectivity index (χ3v) is 4.49. The highest BCUT2D eigenvalue weighted by Gasteiger charge is 2.68. The number of hydrogen-bond acceptors (Lipinski definition) is 2. The van der Waals surface area contributed by atoms with Crippen LogP contribution in [-0.4, -0.2) is 5.54 Å².